The zero-order valence-electron chi connectivity index (χ0n) is 9.61. The van der Waals surface area contributed by atoms with E-state index in [9.17, 15) is 9.59 Å². The van der Waals surface area contributed by atoms with Crippen LogP contribution in [0.15, 0.2) is 0 Å². The van der Waals surface area contributed by atoms with Crippen LogP contribution in [0.1, 0.15) is 26.2 Å². The molecule has 0 saturated carbocycles. The van der Waals surface area contributed by atoms with Crippen molar-refractivity contribution in [3.63, 3.8) is 0 Å². The summed E-state index contributed by atoms with van der Waals surface area (Å²) >= 11 is 0. The second-order valence-corrected chi connectivity index (χ2v) is 5.94. The van der Waals surface area contributed by atoms with Gasteiger partial charge in [-0.1, -0.05) is 34.9 Å². The topological polar surface area (TPSA) is 72.2 Å². The van der Waals surface area contributed by atoms with Gasteiger partial charge in [0, 0.05) is 24.5 Å². The number of nitrogens with two attached hydrogens (primary N) is 1. The van der Waals surface area contributed by atoms with Crippen LogP contribution in [0.25, 0.3) is 0 Å². The molecule has 16 heavy (non-hydrogen) atoms. The maximum Gasteiger partial charge on any atom is 0.237 e. The molecule has 4 nitrogen and oxygen atoms in total. The van der Waals surface area contributed by atoms with Crippen molar-refractivity contribution in [3.8, 4) is 0 Å². The fourth-order valence-electron chi connectivity index (χ4n) is 0.872. The first-order valence-corrected chi connectivity index (χ1v) is 7.92. The molecule has 1 unspecified atom stereocenters. The molecule has 0 fully saturated rings. The second-order valence-electron chi connectivity index (χ2n) is 3.31. The molecule has 94 valence electrons. The van der Waals surface area contributed by atoms with E-state index in [-0.39, 0.29) is 5.91 Å². The molecule has 3 N–H and O–H groups in total. The fraction of sp³-hybridized carbons (Fsp3) is 0.800. The lowest BCUT2D eigenvalue weighted by Crippen LogP contribution is -2.42. The lowest BCUT2D eigenvalue weighted by molar-refractivity contribution is -0.121. The Balaban J connectivity index is 3.43. The van der Waals surface area contributed by atoms with E-state index in [2.05, 4.69) is 12.2 Å². The number of rotatable bonds is 10. The Kier molecular flexibility index (Phi) is 11.1. The minimum atomic E-state index is -0.453. The molecular formula is C10H20N2O2S2. The molecule has 0 aromatic heterocycles. The molecule has 0 rings (SSSR count). The molecule has 0 spiro atoms. The summed E-state index contributed by atoms with van der Waals surface area (Å²) < 4.78 is 0. The van der Waals surface area contributed by atoms with Gasteiger partial charge in [-0.15, -0.1) is 0 Å². The van der Waals surface area contributed by atoms with Gasteiger partial charge in [0.1, 0.15) is 6.29 Å². The molecular weight excluding hydrogens is 244 g/mol. The zero-order valence-corrected chi connectivity index (χ0v) is 11.2. The molecule has 0 radical (unpaired) electrons. The highest BCUT2D eigenvalue weighted by Gasteiger charge is 2.12. The van der Waals surface area contributed by atoms with E-state index in [0.29, 0.717) is 18.7 Å². The summed E-state index contributed by atoms with van der Waals surface area (Å²) in [6.45, 7) is 2.78. The maximum atomic E-state index is 11.4. The van der Waals surface area contributed by atoms with Crippen LogP contribution in [0.2, 0.25) is 0 Å². The molecule has 0 bridgehead atoms. The standard InChI is InChI=1S/C10H20N2O2S2/c1-2-3-5-12-10(14)9(11)8-16-15-7-4-6-13/h6,9H,2-5,7-8,11H2,1H3,(H,12,14). The molecule has 0 aromatic rings. The normalized spacial score (nSPS) is 12.1. The number of unbranched alkanes of at least 4 members (excludes halogenated alkanes) is 1. The van der Waals surface area contributed by atoms with Crippen LogP contribution in [0, 0.1) is 0 Å². The average molecular weight is 264 g/mol. The quantitative estimate of drug-likeness (QED) is 0.352. The predicted octanol–water partition coefficient (Wildman–Crippen LogP) is 1.20. The number of aldehydes is 1. The van der Waals surface area contributed by atoms with Gasteiger partial charge in [0.25, 0.3) is 0 Å². The highest BCUT2D eigenvalue weighted by atomic mass is 33.1. The van der Waals surface area contributed by atoms with Crippen molar-refractivity contribution in [1.29, 1.82) is 0 Å². The van der Waals surface area contributed by atoms with Crippen LogP contribution in [0.5, 0.6) is 0 Å². The third kappa shape index (κ3) is 9.06. The van der Waals surface area contributed by atoms with Gasteiger partial charge < -0.3 is 15.8 Å². The monoisotopic (exact) mass is 264 g/mol. The highest BCUT2D eigenvalue weighted by Crippen LogP contribution is 2.21. The van der Waals surface area contributed by atoms with Crippen LogP contribution < -0.4 is 11.1 Å². The molecule has 0 aliphatic heterocycles. The van der Waals surface area contributed by atoms with Gasteiger partial charge in [0.05, 0.1) is 6.04 Å². The number of nitrogens with one attached hydrogen (secondary N) is 1. The van der Waals surface area contributed by atoms with Gasteiger partial charge in [-0.3, -0.25) is 4.79 Å². The number of hydrogen-bond acceptors (Lipinski definition) is 5. The third-order valence-electron chi connectivity index (χ3n) is 1.82. The van der Waals surface area contributed by atoms with Gasteiger partial charge in [-0.05, 0) is 6.42 Å². The number of amides is 1. The summed E-state index contributed by atoms with van der Waals surface area (Å²) in [5.74, 6) is 1.27. The van der Waals surface area contributed by atoms with Crippen LogP contribution in [0.4, 0.5) is 0 Å². The minimum absolute atomic E-state index is 0.0862. The number of carbonyl (C=O) groups excluding carboxylic acids is 2. The van der Waals surface area contributed by atoms with Gasteiger partial charge >= 0.3 is 0 Å². The zero-order chi connectivity index (χ0) is 12.2. The molecule has 1 amide bonds. The van der Waals surface area contributed by atoms with E-state index in [1.54, 1.807) is 21.6 Å². The third-order valence-corrected chi connectivity index (χ3v) is 4.29. The van der Waals surface area contributed by atoms with Crippen LogP contribution in [0.3, 0.4) is 0 Å². The average Bonchev–Trinajstić information content (AvgIpc) is 2.28. The highest BCUT2D eigenvalue weighted by molar-refractivity contribution is 8.76. The molecule has 0 heterocycles. The Morgan fingerprint density at radius 3 is 2.88 bits per heavy atom. The van der Waals surface area contributed by atoms with E-state index < -0.39 is 6.04 Å². The lowest BCUT2D eigenvalue weighted by Gasteiger charge is -2.10. The minimum Gasteiger partial charge on any atom is -0.355 e. The van der Waals surface area contributed by atoms with E-state index in [1.165, 1.54) is 0 Å². The van der Waals surface area contributed by atoms with Crippen molar-refractivity contribution in [2.24, 2.45) is 5.73 Å². The van der Waals surface area contributed by atoms with Crippen molar-refractivity contribution < 1.29 is 9.59 Å². The van der Waals surface area contributed by atoms with E-state index >= 15 is 0 Å². The SMILES string of the molecule is CCCCNC(=O)C(N)CSSCCC=O. The molecule has 0 aliphatic carbocycles. The van der Waals surface area contributed by atoms with Crippen molar-refractivity contribution in [2.45, 2.75) is 32.2 Å². The Labute approximate surface area is 105 Å². The number of carbonyl (C=O) groups is 2. The molecule has 1 atom stereocenters. The van der Waals surface area contributed by atoms with Gasteiger partial charge in [0.2, 0.25) is 5.91 Å². The molecule has 6 heteroatoms. The Morgan fingerprint density at radius 1 is 1.50 bits per heavy atom. The molecule has 0 saturated heterocycles. The van der Waals surface area contributed by atoms with Gasteiger partial charge in [0.15, 0.2) is 0 Å². The second kappa shape index (κ2) is 11.3. The lowest BCUT2D eigenvalue weighted by atomic mass is 10.3. The van der Waals surface area contributed by atoms with Crippen molar-refractivity contribution >= 4 is 33.8 Å². The largest absolute Gasteiger partial charge is 0.355 e. The van der Waals surface area contributed by atoms with Crippen LogP contribution >= 0.6 is 21.6 Å². The van der Waals surface area contributed by atoms with Crippen molar-refractivity contribution in [2.75, 3.05) is 18.1 Å². The summed E-state index contributed by atoms with van der Waals surface area (Å²) in [6.07, 6.45) is 3.49. The Morgan fingerprint density at radius 2 is 2.25 bits per heavy atom. The van der Waals surface area contributed by atoms with Crippen LogP contribution in [-0.4, -0.2) is 36.3 Å². The van der Waals surface area contributed by atoms with Crippen LogP contribution in [-0.2, 0) is 9.59 Å². The Hall–Kier alpha value is -0.200. The fourth-order valence-corrected chi connectivity index (χ4v) is 2.95. The Bertz CT molecular complexity index is 203. The van der Waals surface area contributed by atoms with E-state index in [1.807, 2.05) is 0 Å². The van der Waals surface area contributed by atoms with E-state index in [4.69, 9.17) is 5.73 Å². The maximum absolute atomic E-state index is 11.4. The first-order valence-electron chi connectivity index (χ1n) is 5.43. The van der Waals surface area contributed by atoms with Gasteiger partial charge in [-0.2, -0.15) is 0 Å². The number of hydrogen-bond donors (Lipinski definition) is 2. The van der Waals surface area contributed by atoms with Crippen molar-refractivity contribution in [1.82, 2.24) is 5.32 Å². The summed E-state index contributed by atoms with van der Waals surface area (Å²) in [5, 5.41) is 2.79. The first-order chi connectivity index (χ1) is 7.72. The summed E-state index contributed by atoms with van der Waals surface area (Å²) in [7, 11) is 3.12. The first kappa shape index (κ1) is 15.8. The summed E-state index contributed by atoms with van der Waals surface area (Å²) in [6, 6.07) is -0.453. The molecule has 0 aliphatic rings. The summed E-state index contributed by atoms with van der Waals surface area (Å²) in [5.41, 5.74) is 5.70. The smallest absolute Gasteiger partial charge is 0.237 e. The van der Waals surface area contributed by atoms with Gasteiger partial charge in [-0.25, -0.2) is 0 Å². The van der Waals surface area contributed by atoms with E-state index in [0.717, 1.165) is 24.9 Å². The van der Waals surface area contributed by atoms with Crippen molar-refractivity contribution in [3.05, 3.63) is 0 Å². The summed E-state index contributed by atoms with van der Waals surface area (Å²) in [4.78, 5) is 21.5. The molecule has 0 aromatic carbocycles. The predicted molar refractivity (Wildman–Crippen MR) is 71.5 cm³/mol.